The highest BCUT2D eigenvalue weighted by molar-refractivity contribution is 6.78. The summed E-state index contributed by atoms with van der Waals surface area (Å²) in [6.45, 7) is 4.87. The average Bonchev–Trinajstić information content (AvgIpc) is 2.26. The van der Waals surface area contributed by atoms with E-state index in [4.69, 9.17) is 4.74 Å². The molecule has 0 radical (unpaired) electrons. The van der Waals surface area contributed by atoms with Crippen LogP contribution in [0, 0.1) is 0 Å². The van der Waals surface area contributed by atoms with Crippen LogP contribution in [0.15, 0.2) is 0 Å². The van der Waals surface area contributed by atoms with E-state index in [0.29, 0.717) is 0 Å². The van der Waals surface area contributed by atoms with Crippen molar-refractivity contribution in [2.24, 2.45) is 0 Å². The molecule has 0 unspecified atom stereocenters. The second-order valence-corrected chi connectivity index (χ2v) is 11.4. The summed E-state index contributed by atoms with van der Waals surface area (Å²) in [7, 11) is -2.55. The molecule has 0 aromatic carbocycles. The van der Waals surface area contributed by atoms with Gasteiger partial charge in [0.05, 0.1) is 6.42 Å². The Morgan fingerprint density at radius 2 is 1.78 bits per heavy atom. The van der Waals surface area contributed by atoms with Gasteiger partial charge in [0.25, 0.3) is 0 Å². The number of rotatable bonds is 5. The van der Waals surface area contributed by atoms with Crippen LogP contribution in [0.1, 0.15) is 44.9 Å². The first kappa shape index (κ1) is 15.6. The highest BCUT2D eigenvalue weighted by Crippen LogP contribution is 2.32. The van der Waals surface area contributed by atoms with Crippen molar-refractivity contribution in [1.29, 1.82) is 0 Å². The fraction of sp³-hybridized carbons (Fsp3) is 0.923. The first-order valence-electron chi connectivity index (χ1n) is 6.80. The fourth-order valence-electron chi connectivity index (χ4n) is 2.06. The van der Waals surface area contributed by atoms with E-state index in [9.17, 15) is 13.6 Å². The maximum atomic E-state index is 13.7. The third-order valence-electron chi connectivity index (χ3n) is 3.59. The molecule has 1 fully saturated rings. The Balaban J connectivity index is 2.32. The van der Waals surface area contributed by atoms with Gasteiger partial charge >= 0.3 is 5.97 Å². The van der Waals surface area contributed by atoms with Crippen molar-refractivity contribution in [3.63, 3.8) is 0 Å². The van der Waals surface area contributed by atoms with E-state index in [1.54, 1.807) is 19.6 Å². The van der Waals surface area contributed by atoms with E-state index in [-0.39, 0.29) is 18.9 Å². The number of hydrogen-bond donors (Lipinski definition) is 0. The zero-order valence-corrected chi connectivity index (χ0v) is 12.6. The SMILES string of the molecule is C[Si](C)(C)C(F)(F)CCC(=O)OC1CCCCC1. The maximum Gasteiger partial charge on any atom is 0.306 e. The van der Waals surface area contributed by atoms with Gasteiger partial charge < -0.3 is 4.74 Å². The van der Waals surface area contributed by atoms with E-state index in [1.807, 2.05) is 0 Å². The summed E-state index contributed by atoms with van der Waals surface area (Å²) in [6, 6.07) is 0. The van der Waals surface area contributed by atoms with Crippen molar-refractivity contribution in [1.82, 2.24) is 0 Å². The van der Waals surface area contributed by atoms with Gasteiger partial charge in [0.1, 0.15) is 14.2 Å². The van der Waals surface area contributed by atoms with Crippen LogP contribution < -0.4 is 0 Å². The van der Waals surface area contributed by atoms with Crippen molar-refractivity contribution in [2.75, 3.05) is 0 Å². The van der Waals surface area contributed by atoms with Gasteiger partial charge in [-0.3, -0.25) is 4.79 Å². The molecule has 1 aliphatic rings. The first-order valence-corrected chi connectivity index (χ1v) is 10.3. The Kier molecular flexibility index (Phi) is 5.31. The number of esters is 1. The highest BCUT2D eigenvalue weighted by Gasteiger charge is 2.44. The molecule has 1 rings (SSSR count). The van der Waals surface area contributed by atoms with Crippen molar-refractivity contribution in [2.45, 2.75) is 76.2 Å². The van der Waals surface area contributed by atoms with E-state index in [0.717, 1.165) is 25.7 Å². The molecule has 18 heavy (non-hydrogen) atoms. The normalized spacial score (nSPS) is 18.7. The summed E-state index contributed by atoms with van der Waals surface area (Å²) >= 11 is 0. The molecule has 0 spiro atoms. The van der Waals surface area contributed by atoms with Gasteiger partial charge in [-0.15, -0.1) is 0 Å². The zero-order valence-electron chi connectivity index (χ0n) is 11.6. The lowest BCUT2D eigenvalue weighted by Gasteiger charge is -2.28. The predicted octanol–water partition coefficient (Wildman–Crippen LogP) is 4.16. The number of alkyl halides is 2. The summed E-state index contributed by atoms with van der Waals surface area (Å²) in [5.41, 5.74) is -2.70. The topological polar surface area (TPSA) is 26.3 Å². The van der Waals surface area contributed by atoms with Gasteiger partial charge in [0.15, 0.2) is 0 Å². The second-order valence-electron chi connectivity index (χ2n) is 6.20. The Morgan fingerprint density at radius 3 is 2.28 bits per heavy atom. The monoisotopic (exact) mass is 278 g/mol. The lowest BCUT2D eigenvalue weighted by atomic mass is 9.98. The molecule has 0 saturated heterocycles. The molecule has 0 aliphatic heterocycles. The van der Waals surface area contributed by atoms with Crippen molar-refractivity contribution in [3.05, 3.63) is 0 Å². The van der Waals surface area contributed by atoms with Crippen LogP contribution in [-0.2, 0) is 9.53 Å². The van der Waals surface area contributed by atoms with Crippen LogP contribution in [0.2, 0.25) is 19.6 Å². The molecule has 5 heteroatoms. The van der Waals surface area contributed by atoms with Crippen LogP contribution in [0.5, 0.6) is 0 Å². The Bertz CT molecular complexity index is 281. The quantitative estimate of drug-likeness (QED) is 0.557. The molecule has 1 aliphatic carbocycles. The van der Waals surface area contributed by atoms with Crippen LogP contribution in [0.3, 0.4) is 0 Å². The van der Waals surface area contributed by atoms with Crippen molar-refractivity contribution < 1.29 is 18.3 Å². The van der Waals surface area contributed by atoms with Crippen molar-refractivity contribution in [3.8, 4) is 0 Å². The maximum absolute atomic E-state index is 13.7. The largest absolute Gasteiger partial charge is 0.462 e. The Morgan fingerprint density at radius 1 is 1.22 bits per heavy atom. The molecule has 106 valence electrons. The molecular weight excluding hydrogens is 254 g/mol. The van der Waals surface area contributed by atoms with Crippen LogP contribution in [0.25, 0.3) is 0 Å². The molecule has 0 N–H and O–H groups in total. The minimum absolute atomic E-state index is 0.0354. The number of carbonyl (C=O) groups excluding carboxylic acids is 1. The molecule has 0 atom stereocenters. The number of carbonyl (C=O) groups is 1. The van der Waals surface area contributed by atoms with Crippen LogP contribution in [0.4, 0.5) is 8.78 Å². The third kappa shape index (κ3) is 4.67. The van der Waals surface area contributed by atoms with Gasteiger partial charge in [-0.1, -0.05) is 26.1 Å². The lowest BCUT2D eigenvalue weighted by molar-refractivity contribution is -0.151. The smallest absolute Gasteiger partial charge is 0.306 e. The molecule has 0 aromatic heterocycles. The van der Waals surface area contributed by atoms with E-state index >= 15 is 0 Å². The Hall–Kier alpha value is -0.453. The minimum Gasteiger partial charge on any atom is -0.462 e. The highest BCUT2D eigenvalue weighted by atomic mass is 28.3. The fourth-order valence-corrected chi connectivity index (χ4v) is 2.94. The summed E-state index contributed by atoms with van der Waals surface area (Å²) in [4.78, 5) is 11.5. The van der Waals surface area contributed by atoms with Gasteiger partial charge in [0.2, 0.25) is 5.55 Å². The van der Waals surface area contributed by atoms with E-state index in [2.05, 4.69) is 0 Å². The van der Waals surface area contributed by atoms with Crippen LogP contribution in [-0.4, -0.2) is 25.7 Å². The van der Waals surface area contributed by atoms with Gasteiger partial charge in [-0.25, -0.2) is 8.78 Å². The van der Waals surface area contributed by atoms with Crippen LogP contribution >= 0.6 is 0 Å². The summed E-state index contributed by atoms with van der Waals surface area (Å²) in [6.07, 6.45) is 4.54. The van der Waals surface area contributed by atoms with E-state index < -0.39 is 19.6 Å². The standard InChI is InChI=1S/C13H24F2O2Si/c1-18(2,3)13(14,15)10-9-12(16)17-11-7-5-4-6-8-11/h11H,4-10H2,1-3H3. The number of halogens is 2. The molecule has 0 amide bonds. The van der Waals surface area contributed by atoms with Gasteiger partial charge in [-0.2, -0.15) is 0 Å². The molecule has 1 saturated carbocycles. The number of ether oxygens (including phenoxy) is 1. The van der Waals surface area contributed by atoms with E-state index in [1.165, 1.54) is 6.42 Å². The van der Waals surface area contributed by atoms with Gasteiger partial charge in [-0.05, 0) is 25.7 Å². The predicted molar refractivity (Wildman–Crippen MR) is 70.5 cm³/mol. The summed E-state index contributed by atoms with van der Waals surface area (Å²) < 4.78 is 32.7. The molecule has 0 heterocycles. The molecule has 0 bridgehead atoms. The third-order valence-corrected chi connectivity index (χ3v) is 6.04. The number of hydrogen-bond acceptors (Lipinski definition) is 2. The lowest BCUT2D eigenvalue weighted by Crippen LogP contribution is -2.45. The molecule has 0 aromatic rings. The van der Waals surface area contributed by atoms with Gasteiger partial charge in [0, 0.05) is 6.42 Å². The second kappa shape index (κ2) is 6.13. The molecular formula is C13H24F2O2Si. The summed E-state index contributed by atoms with van der Waals surface area (Å²) in [5, 5.41) is 0. The Labute approximate surface area is 109 Å². The van der Waals surface area contributed by atoms with Crippen molar-refractivity contribution >= 4 is 14.0 Å². The first-order chi connectivity index (χ1) is 8.22. The minimum atomic E-state index is -2.70. The zero-order chi connectivity index (χ0) is 13.8. The molecule has 2 nitrogen and oxygen atoms in total. The summed E-state index contributed by atoms with van der Waals surface area (Å²) in [5.74, 6) is -0.458. The average molecular weight is 278 g/mol.